The Morgan fingerprint density at radius 3 is 2.44 bits per heavy atom. The van der Waals surface area contributed by atoms with E-state index in [-0.39, 0.29) is 17.4 Å². The van der Waals surface area contributed by atoms with E-state index in [9.17, 15) is 4.79 Å². The van der Waals surface area contributed by atoms with Crippen molar-refractivity contribution in [2.75, 3.05) is 5.32 Å². The Morgan fingerprint density at radius 2 is 1.66 bits per heavy atom. The molecule has 2 aliphatic rings. The van der Waals surface area contributed by atoms with Gasteiger partial charge in [0, 0.05) is 11.7 Å². The highest BCUT2D eigenvalue weighted by Gasteiger charge is 2.42. The summed E-state index contributed by atoms with van der Waals surface area (Å²) in [7, 11) is 0. The number of hydrogen-bond acceptors (Lipinski definition) is 4. The molecular formula is C34H32I2N2O2S. The summed E-state index contributed by atoms with van der Waals surface area (Å²) in [5, 5.41) is 6.07. The van der Waals surface area contributed by atoms with Gasteiger partial charge in [-0.3, -0.25) is 4.79 Å². The summed E-state index contributed by atoms with van der Waals surface area (Å²) < 4.78 is 8.45. The second kappa shape index (κ2) is 13.0. The SMILES string of the molecule is C[C@H]1CCCC[C@@H]1N1C(=O)/C(=C/c2cc(I)c(OCc3cccc4ccccc34)c(I)c2)SC1Nc1ccccc1. The van der Waals surface area contributed by atoms with Crippen LogP contribution < -0.4 is 10.1 Å². The number of amides is 1. The number of thioether (sulfide) groups is 1. The molecule has 0 spiro atoms. The predicted octanol–water partition coefficient (Wildman–Crippen LogP) is 9.52. The monoisotopic (exact) mass is 786 g/mol. The molecule has 1 aliphatic carbocycles. The average molecular weight is 787 g/mol. The molecule has 4 aromatic rings. The van der Waals surface area contributed by atoms with Crippen LogP contribution in [0.25, 0.3) is 16.8 Å². The van der Waals surface area contributed by atoms with Crippen molar-refractivity contribution in [2.24, 2.45) is 5.92 Å². The first-order valence-corrected chi connectivity index (χ1v) is 17.1. The molecule has 1 saturated carbocycles. The van der Waals surface area contributed by atoms with Crippen molar-refractivity contribution in [3.05, 3.63) is 108 Å². The molecule has 6 rings (SSSR count). The van der Waals surface area contributed by atoms with Crippen LogP contribution in [-0.4, -0.2) is 22.3 Å². The average Bonchev–Trinajstić information content (AvgIpc) is 3.27. The number of nitrogens with one attached hydrogen (secondary N) is 1. The number of nitrogens with zero attached hydrogens (tertiary/aromatic N) is 1. The zero-order valence-corrected chi connectivity index (χ0v) is 28.0. The molecule has 0 aromatic heterocycles. The number of carbonyl (C=O) groups is 1. The number of rotatable bonds is 7. The maximum atomic E-state index is 13.9. The Labute approximate surface area is 273 Å². The van der Waals surface area contributed by atoms with Gasteiger partial charge in [-0.2, -0.15) is 0 Å². The number of benzene rings is 4. The molecule has 0 radical (unpaired) electrons. The quantitative estimate of drug-likeness (QED) is 0.150. The van der Waals surface area contributed by atoms with Gasteiger partial charge < -0.3 is 15.0 Å². The van der Waals surface area contributed by atoms with Gasteiger partial charge in [0.2, 0.25) is 0 Å². The Balaban J connectivity index is 1.24. The Morgan fingerprint density at radius 1 is 0.951 bits per heavy atom. The molecule has 3 atom stereocenters. The van der Waals surface area contributed by atoms with Gasteiger partial charge in [0.15, 0.2) is 5.50 Å². The minimum Gasteiger partial charge on any atom is -0.487 e. The van der Waals surface area contributed by atoms with Crippen LogP contribution in [-0.2, 0) is 11.4 Å². The lowest BCUT2D eigenvalue weighted by Gasteiger charge is -2.39. The highest BCUT2D eigenvalue weighted by molar-refractivity contribution is 14.1. The van der Waals surface area contributed by atoms with Crippen LogP contribution >= 0.6 is 56.9 Å². The molecule has 1 heterocycles. The summed E-state index contributed by atoms with van der Waals surface area (Å²) in [4.78, 5) is 16.8. The molecule has 4 nitrogen and oxygen atoms in total. The lowest BCUT2D eigenvalue weighted by molar-refractivity contribution is -0.129. The van der Waals surface area contributed by atoms with E-state index in [0.717, 1.165) is 35.5 Å². The van der Waals surface area contributed by atoms with Gasteiger partial charge in [0.05, 0.1) is 12.0 Å². The predicted molar refractivity (Wildman–Crippen MR) is 188 cm³/mol. The first-order chi connectivity index (χ1) is 20.0. The molecule has 1 aliphatic heterocycles. The normalized spacial score (nSPS) is 21.9. The van der Waals surface area contributed by atoms with Crippen molar-refractivity contribution < 1.29 is 9.53 Å². The summed E-state index contributed by atoms with van der Waals surface area (Å²) in [5.74, 6) is 1.50. The fourth-order valence-electron chi connectivity index (χ4n) is 5.89. The Kier molecular flexibility index (Phi) is 9.12. The van der Waals surface area contributed by atoms with Crippen molar-refractivity contribution in [3.8, 4) is 5.75 Å². The third-order valence-electron chi connectivity index (χ3n) is 7.99. The first-order valence-electron chi connectivity index (χ1n) is 14.1. The molecular weight excluding hydrogens is 754 g/mol. The molecule has 0 bridgehead atoms. The van der Waals surface area contributed by atoms with E-state index in [1.807, 2.05) is 18.2 Å². The number of anilines is 1. The van der Waals surface area contributed by atoms with Gasteiger partial charge >= 0.3 is 0 Å². The van der Waals surface area contributed by atoms with E-state index in [2.05, 4.69) is 135 Å². The Bertz CT molecular complexity index is 1560. The van der Waals surface area contributed by atoms with E-state index >= 15 is 0 Å². The van der Waals surface area contributed by atoms with Gasteiger partial charge in [-0.05, 0) is 116 Å². The third kappa shape index (κ3) is 6.41. The number of halogens is 2. The topological polar surface area (TPSA) is 41.6 Å². The summed E-state index contributed by atoms with van der Waals surface area (Å²) in [6.07, 6.45) is 6.72. The van der Waals surface area contributed by atoms with Gasteiger partial charge in [-0.15, -0.1) is 0 Å². The maximum Gasteiger partial charge on any atom is 0.262 e. The second-order valence-electron chi connectivity index (χ2n) is 10.8. The number of para-hydroxylation sites is 1. The van der Waals surface area contributed by atoms with Crippen LogP contribution in [0.3, 0.4) is 0 Å². The fourth-order valence-corrected chi connectivity index (χ4v) is 9.23. The minimum atomic E-state index is -0.122. The zero-order valence-electron chi connectivity index (χ0n) is 22.9. The van der Waals surface area contributed by atoms with Crippen LogP contribution in [0, 0.1) is 13.1 Å². The fraction of sp³-hybridized carbons (Fsp3) is 0.265. The highest BCUT2D eigenvalue weighted by atomic mass is 127. The van der Waals surface area contributed by atoms with Gasteiger partial charge in [0.1, 0.15) is 12.4 Å². The van der Waals surface area contributed by atoms with Crippen molar-refractivity contribution >= 4 is 85.4 Å². The summed E-state index contributed by atoms with van der Waals surface area (Å²) in [6, 6.07) is 29.5. The van der Waals surface area contributed by atoms with Crippen LogP contribution in [0.1, 0.15) is 43.7 Å². The van der Waals surface area contributed by atoms with Gasteiger partial charge in [0.25, 0.3) is 5.91 Å². The van der Waals surface area contributed by atoms with Crippen molar-refractivity contribution in [1.82, 2.24) is 4.90 Å². The number of carbonyl (C=O) groups excluding carboxylic acids is 1. The van der Waals surface area contributed by atoms with E-state index in [4.69, 9.17) is 4.74 Å². The van der Waals surface area contributed by atoms with E-state index < -0.39 is 0 Å². The lowest BCUT2D eigenvalue weighted by atomic mass is 9.85. The maximum absolute atomic E-state index is 13.9. The lowest BCUT2D eigenvalue weighted by Crippen LogP contribution is -2.48. The molecule has 1 saturated heterocycles. The van der Waals surface area contributed by atoms with E-state index in [1.54, 1.807) is 11.8 Å². The van der Waals surface area contributed by atoms with E-state index in [0.29, 0.717) is 12.5 Å². The van der Waals surface area contributed by atoms with Crippen LogP contribution in [0.5, 0.6) is 5.75 Å². The minimum absolute atomic E-state index is 0.122. The highest BCUT2D eigenvalue weighted by Crippen LogP contribution is 2.42. The summed E-state index contributed by atoms with van der Waals surface area (Å²) >= 11 is 6.33. The first kappa shape index (κ1) is 28.9. The molecule has 2 fully saturated rings. The van der Waals surface area contributed by atoms with Crippen LogP contribution in [0.4, 0.5) is 5.69 Å². The summed E-state index contributed by atoms with van der Waals surface area (Å²) in [6.45, 7) is 2.80. The smallest absolute Gasteiger partial charge is 0.262 e. The Hall–Kier alpha value is -2.24. The van der Waals surface area contributed by atoms with E-state index in [1.165, 1.54) is 35.6 Å². The van der Waals surface area contributed by atoms with Crippen molar-refractivity contribution in [3.63, 3.8) is 0 Å². The number of hydrogen-bond donors (Lipinski definition) is 1. The molecule has 1 amide bonds. The van der Waals surface area contributed by atoms with Gasteiger partial charge in [-0.25, -0.2) is 0 Å². The molecule has 41 heavy (non-hydrogen) atoms. The number of ether oxygens (including phenoxy) is 1. The molecule has 7 heteroatoms. The zero-order chi connectivity index (χ0) is 28.3. The summed E-state index contributed by atoms with van der Waals surface area (Å²) in [5.41, 5.74) is 3.10. The van der Waals surface area contributed by atoms with Crippen LogP contribution in [0.15, 0.2) is 89.8 Å². The molecule has 4 aromatic carbocycles. The standard InChI is InChI=1S/C34H32I2N2O2S/c1-22-10-5-8-17-30(22)38-33(39)31(41-34(38)37-26-14-3-2-4-15-26)20-23-18-28(35)32(29(36)19-23)40-21-25-13-9-12-24-11-6-7-16-27(24)25/h2-4,6-7,9,11-16,18-20,22,30,34,37H,5,8,10,17,21H2,1H3/b31-20-/t22-,30-,34?/m0/s1. The molecule has 1 N–H and O–H groups in total. The van der Waals surface area contributed by atoms with Gasteiger partial charge in [-0.1, -0.05) is 92.2 Å². The van der Waals surface area contributed by atoms with Crippen molar-refractivity contribution in [2.45, 2.75) is 50.8 Å². The second-order valence-corrected chi connectivity index (χ2v) is 14.2. The molecule has 210 valence electrons. The largest absolute Gasteiger partial charge is 0.487 e. The molecule has 1 unspecified atom stereocenters. The number of fused-ring (bicyclic) bond motifs is 1. The van der Waals surface area contributed by atoms with Crippen LogP contribution in [0.2, 0.25) is 0 Å². The van der Waals surface area contributed by atoms with Crippen molar-refractivity contribution in [1.29, 1.82) is 0 Å². The third-order valence-corrected chi connectivity index (χ3v) is 10.7.